The summed E-state index contributed by atoms with van der Waals surface area (Å²) in [6.45, 7) is 7.95. The number of anilines is 1. The van der Waals surface area contributed by atoms with Crippen LogP contribution in [0.3, 0.4) is 0 Å². The van der Waals surface area contributed by atoms with Crippen LogP contribution < -0.4 is 9.62 Å². The van der Waals surface area contributed by atoms with Crippen molar-refractivity contribution in [3.8, 4) is 0 Å². The summed E-state index contributed by atoms with van der Waals surface area (Å²) in [6.07, 6.45) is 0.369. The zero-order valence-electron chi connectivity index (χ0n) is 22.8. The van der Waals surface area contributed by atoms with Crippen LogP contribution in [0.1, 0.15) is 38.3 Å². The average molecular weight is 570 g/mol. The first kappa shape index (κ1) is 30.2. The fourth-order valence-corrected chi connectivity index (χ4v) is 5.65. The molecule has 0 aliphatic heterocycles. The summed E-state index contributed by atoms with van der Waals surface area (Å²) in [5.74, 6) is -0.517. The number of halogens is 1. The first-order chi connectivity index (χ1) is 18.5. The highest BCUT2D eigenvalue weighted by Crippen LogP contribution is 2.26. The van der Waals surface area contributed by atoms with Gasteiger partial charge < -0.3 is 10.2 Å². The van der Waals surface area contributed by atoms with E-state index in [2.05, 4.69) is 5.32 Å². The van der Waals surface area contributed by atoms with E-state index in [4.69, 9.17) is 11.6 Å². The third-order valence-corrected chi connectivity index (χ3v) is 8.31. The lowest BCUT2D eigenvalue weighted by atomic mass is 10.1. The maximum absolute atomic E-state index is 14.0. The molecule has 0 aliphatic rings. The molecule has 0 heterocycles. The molecule has 0 radical (unpaired) electrons. The van der Waals surface area contributed by atoms with Crippen LogP contribution in [-0.2, 0) is 26.2 Å². The Morgan fingerprint density at radius 2 is 1.54 bits per heavy atom. The molecule has 3 aromatic rings. The van der Waals surface area contributed by atoms with Gasteiger partial charge in [0.05, 0.1) is 10.6 Å². The molecule has 0 unspecified atom stereocenters. The van der Waals surface area contributed by atoms with Gasteiger partial charge in [-0.2, -0.15) is 0 Å². The maximum atomic E-state index is 14.0. The zero-order chi connectivity index (χ0) is 28.6. The van der Waals surface area contributed by atoms with Crippen molar-refractivity contribution in [3.63, 3.8) is 0 Å². The van der Waals surface area contributed by atoms with Gasteiger partial charge in [-0.25, -0.2) is 8.42 Å². The lowest BCUT2D eigenvalue weighted by molar-refractivity contribution is -0.140. The highest BCUT2D eigenvalue weighted by atomic mass is 35.5. The number of nitrogens with zero attached hydrogens (tertiary/aromatic N) is 2. The fraction of sp³-hybridized carbons (Fsp3) is 0.333. The minimum atomic E-state index is -4.11. The van der Waals surface area contributed by atoms with Crippen molar-refractivity contribution in [2.75, 3.05) is 17.4 Å². The number of hydrogen-bond acceptors (Lipinski definition) is 4. The topological polar surface area (TPSA) is 86.8 Å². The van der Waals surface area contributed by atoms with E-state index in [0.29, 0.717) is 23.7 Å². The SMILES string of the molecule is CC[C@H](C(=O)NCC(C)C)N(Cc1ccc(C)cc1)C(=O)CN(c1ccc(Cl)cc1)S(=O)(=O)c1ccccc1. The van der Waals surface area contributed by atoms with Crippen molar-refractivity contribution in [1.82, 2.24) is 10.2 Å². The Morgan fingerprint density at radius 3 is 2.10 bits per heavy atom. The van der Waals surface area contributed by atoms with Gasteiger partial charge in [0.1, 0.15) is 12.6 Å². The number of aryl methyl sites for hydroxylation is 1. The molecule has 7 nitrogen and oxygen atoms in total. The molecule has 39 heavy (non-hydrogen) atoms. The molecule has 0 aromatic heterocycles. The molecule has 3 aromatic carbocycles. The smallest absolute Gasteiger partial charge is 0.264 e. The molecule has 0 spiro atoms. The Balaban J connectivity index is 2.02. The van der Waals surface area contributed by atoms with Crippen molar-refractivity contribution in [3.05, 3.63) is 95.0 Å². The predicted molar refractivity (Wildman–Crippen MR) is 156 cm³/mol. The van der Waals surface area contributed by atoms with Gasteiger partial charge in [-0.05, 0) is 61.2 Å². The predicted octanol–water partition coefficient (Wildman–Crippen LogP) is 5.42. The van der Waals surface area contributed by atoms with E-state index in [1.165, 1.54) is 17.0 Å². The summed E-state index contributed by atoms with van der Waals surface area (Å²) >= 11 is 6.06. The molecule has 2 amide bonds. The van der Waals surface area contributed by atoms with Crippen molar-refractivity contribution >= 4 is 39.1 Å². The number of carbonyl (C=O) groups is 2. The largest absolute Gasteiger partial charge is 0.354 e. The summed E-state index contributed by atoms with van der Waals surface area (Å²) in [7, 11) is -4.11. The average Bonchev–Trinajstić information content (AvgIpc) is 2.92. The molecule has 0 aliphatic carbocycles. The number of rotatable bonds is 12. The van der Waals surface area contributed by atoms with Gasteiger partial charge in [0.15, 0.2) is 0 Å². The number of carbonyl (C=O) groups excluding carboxylic acids is 2. The second-order valence-electron chi connectivity index (χ2n) is 9.87. The van der Waals surface area contributed by atoms with Crippen LogP contribution in [0.5, 0.6) is 0 Å². The molecule has 0 fully saturated rings. The van der Waals surface area contributed by atoms with Crippen molar-refractivity contribution in [1.29, 1.82) is 0 Å². The summed E-state index contributed by atoms with van der Waals surface area (Å²) in [5, 5.41) is 3.37. The lowest BCUT2D eigenvalue weighted by Crippen LogP contribution is -2.52. The highest BCUT2D eigenvalue weighted by molar-refractivity contribution is 7.92. The monoisotopic (exact) mass is 569 g/mol. The molecule has 9 heteroatoms. The van der Waals surface area contributed by atoms with E-state index in [1.54, 1.807) is 42.5 Å². The van der Waals surface area contributed by atoms with Gasteiger partial charge >= 0.3 is 0 Å². The highest BCUT2D eigenvalue weighted by Gasteiger charge is 2.33. The number of amides is 2. The molecular formula is C30H36ClN3O4S. The molecular weight excluding hydrogens is 534 g/mol. The first-order valence-corrected chi connectivity index (χ1v) is 14.8. The Kier molecular flexibility index (Phi) is 10.5. The third kappa shape index (κ3) is 8.07. The summed E-state index contributed by atoms with van der Waals surface area (Å²) in [5.41, 5.74) is 2.21. The molecule has 0 saturated carbocycles. The first-order valence-electron chi connectivity index (χ1n) is 13.0. The van der Waals surface area contributed by atoms with E-state index in [0.717, 1.165) is 15.4 Å². The second-order valence-corrected chi connectivity index (χ2v) is 12.2. The van der Waals surface area contributed by atoms with Gasteiger partial charge in [0.25, 0.3) is 10.0 Å². The second kappa shape index (κ2) is 13.6. The zero-order valence-corrected chi connectivity index (χ0v) is 24.4. The van der Waals surface area contributed by atoms with Crippen LogP contribution in [0.2, 0.25) is 5.02 Å². The van der Waals surface area contributed by atoms with Crippen molar-refractivity contribution in [2.45, 2.75) is 51.6 Å². The Morgan fingerprint density at radius 1 is 0.923 bits per heavy atom. The van der Waals surface area contributed by atoms with E-state index < -0.39 is 28.5 Å². The van der Waals surface area contributed by atoms with E-state index >= 15 is 0 Å². The van der Waals surface area contributed by atoms with Gasteiger partial charge in [0, 0.05) is 18.1 Å². The van der Waals surface area contributed by atoms with Gasteiger partial charge in [-0.3, -0.25) is 13.9 Å². The summed E-state index contributed by atoms with van der Waals surface area (Å²) in [4.78, 5) is 28.8. The standard InChI is InChI=1S/C30H36ClN3O4S/c1-5-28(30(36)32-19-22(2)3)33(20-24-13-11-23(4)12-14-24)29(35)21-34(26-17-15-25(31)16-18-26)39(37,38)27-9-7-6-8-10-27/h6-18,22,28H,5,19-21H2,1-4H3,(H,32,36)/t28-/m1/s1. The molecule has 208 valence electrons. The Hall–Kier alpha value is -3.36. The van der Waals surface area contributed by atoms with E-state index in [1.807, 2.05) is 52.0 Å². The van der Waals surface area contributed by atoms with E-state index in [-0.39, 0.29) is 23.3 Å². The van der Waals surface area contributed by atoms with Gasteiger partial charge in [0.2, 0.25) is 11.8 Å². The minimum Gasteiger partial charge on any atom is -0.354 e. The maximum Gasteiger partial charge on any atom is 0.264 e. The molecule has 1 N–H and O–H groups in total. The quantitative estimate of drug-likeness (QED) is 0.315. The number of sulfonamides is 1. The third-order valence-electron chi connectivity index (χ3n) is 6.27. The van der Waals surface area contributed by atoms with Gasteiger partial charge in [-0.15, -0.1) is 0 Å². The number of nitrogens with one attached hydrogen (secondary N) is 1. The van der Waals surface area contributed by atoms with Crippen molar-refractivity contribution in [2.24, 2.45) is 5.92 Å². The molecule has 1 atom stereocenters. The number of benzene rings is 3. The Labute approximate surface area is 236 Å². The van der Waals surface area contributed by atoms with Crippen LogP contribution in [0.15, 0.2) is 83.8 Å². The van der Waals surface area contributed by atoms with Crippen LogP contribution in [-0.4, -0.2) is 44.3 Å². The minimum absolute atomic E-state index is 0.0551. The summed E-state index contributed by atoms with van der Waals surface area (Å²) < 4.78 is 28.6. The van der Waals surface area contributed by atoms with Crippen LogP contribution in [0, 0.1) is 12.8 Å². The lowest BCUT2D eigenvalue weighted by Gasteiger charge is -2.33. The molecule has 0 bridgehead atoms. The summed E-state index contributed by atoms with van der Waals surface area (Å²) in [6, 6.07) is 21.2. The Bertz CT molecular complexity index is 1350. The fourth-order valence-electron chi connectivity index (χ4n) is 4.09. The molecule has 0 saturated heterocycles. The van der Waals surface area contributed by atoms with Crippen LogP contribution in [0.4, 0.5) is 5.69 Å². The van der Waals surface area contributed by atoms with Gasteiger partial charge in [-0.1, -0.05) is 80.4 Å². The van der Waals surface area contributed by atoms with Crippen LogP contribution >= 0.6 is 11.6 Å². The van der Waals surface area contributed by atoms with Crippen molar-refractivity contribution < 1.29 is 18.0 Å². The van der Waals surface area contributed by atoms with E-state index in [9.17, 15) is 18.0 Å². The molecule has 3 rings (SSSR count). The van der Waals surface area contributed by atoms with Crippen LogP contribution in [0.25, 0.3) is 0 Å². The normalized spacial score (nSPS) is 12.2. The number of hydrogen-bond donors (Lipinski definition) is 1.